The lowest BCUT2D eigenvalue weighted by atomic mass is 11.2. The Kier molecular flexibility index (Phi) is 4.23. The third-order valence-electron chi connectivity index (χ3n) is 1.14. The lowest BCUT2D eigenvalue weighted by molar-refractivity contribution is 0.545. The summed E-state index contributed by atoms with van der Waals surface area (Å²) in [6, 6.07) is 0. The summed E-state index contributed by atoms with van der Waals surface area (Å²) in [5, 5.41) is 1.95. The Morgan fingerprint density at radius 3 is 2.00 bits per heavy atom. The topological polar surface area (TPSA) is 21.3 Å². The van der Waals surface area contributed by atoms with E-state index in [1.54, 1.807) is 0 Å². The molecule has 2 nitrogen and oxygen atoms in total. The van der Waals surface area contributed by atoms with E-state index >= 15 is 0 Å². The molecule has 12 heavy (non-hydrogen) atoms. The smallest absolute Gasteiger partial charge is 0.0930 e. The van der Waals surface area contributed by atoms with Crippen molar-refractivity contribution in [3.05, 3.63) is 24.8 Å². The van der Waals surface area contributed by atoms with Crippen LogP contribution in [-0.2, 0) is 4.18 Å². The quantitative estimate of drug-likeness (QED) is 0.703. The summed E-state index contributed by atoms with van der Waals surface area (Å²) in [7, 11) is -2.12. The van der Waals surface area contributed by atoms with Gasteiger partial charge in [-0.1, -0.05) is 13.2 Å². The van der Waals surface area contributed by atoms with Crippen molar-refractivity contribution in [2.24, 2.45) is 0 Å². The monoisotopic (exact) mass is 209 g/mol. The summed E-state index contributed by atoms with van der Waals surface area (Å²) in [6.07, 6.45) is 9.86. The fraction of sp³-hybridized carbons (Fsp3) is 0.500. The van der Waals surface area contributed by atoms with Crippen molar-refractivity contribution in [3.8, 4) is 0 Å². The van der Waals surface area contributed by atoms with E-state index in [9.17, 15) is 0 Å². The molecule has 1 N–H and O–H groups in total. The third kappa shape index (κ3) is 4.74. The molecule has 0 saturated heterocycles. The fourth-order valence-corrected chi connectivity index (χ4v) is 5.65. The second kappa shape index (κ2) is 4.25. The molecule has 0 rings (SSSR count). The molecule has 0 radical (unpaired) electrons. The Balaban J connectivity index is 4.21. The van der Waals surface area contributed by atoms with Crippen LogP contribution in [0.3, 0.4) is 0 Å². The van der Waals surface area contributed by atoms with Gasteiger partial charge in [-0.3, -0.25) is 0 Å². The van der Waals surface area contributed by atoms with Crippen LogP contribution in [0, 0.1) is 0 Å². The van der Waals surface area contributed by atoms with Crippen LogP contribution in [0.5, 0.6) is 0 Å². The SMILES string of the molecule is C=COS(C)(C)NS(C)(C)C=C. The summed E-state index contributed by atoms with van der Waals surface area (Å²) in [5.74, 6) is 0. The van der Waals surface area contributed by atoms with Crippen LogP contribution >= 0.6 is 20.7 Å². The van der Waals surface area contributed by atoms with Crippen LogP contribution in [0.15, 0.2) is 24.8 Å². The molecule has 0 heterocycles. The maximum atomic E-state index is 5.38. The van der Waals surface area contributed by atoms with Gasteiger partial charge in [0.05, 0.1) is 6.26 Å². The molecule has 0 amide bonds. The summed E-state index contributed by atoms with van der Waals surface area (Å²) in [6.45, 7) is 7.33. The molecule has 0 aliphatic carbocycles. The Labute approximate surface area is 79.2 Å². The summed E-state index contributed by atoms with van der Waals surface area (Å²) >= 11 is 0. The van der Waals surface area contributed by atoms with E-state index in [2.05, 4.69) is 29.8 Å². The minimum Gasteiger partial charge on any atom is -0.444 e. The molecule has 0 aliphatic heterocycles. The number of nitrogens with one attached hydrogen (secondary N) is 1. The van der Waals surface area contributed by atoms with Crippen molar-refractivity contribution < 1.29 is 4.18 Å². The van der Waals surface area contributed by atoms with Gasteiger partial charge in [0, 0.05) is 12.5 Å². The van der Waals surface area contributed by atoms with E-state index in [1.165, 1.54) is 6.26 Å². The average Bonchev–Trinajstić information content (AvgIpc) is 1.85. The molecular formula is C8H19NOS2. The van der Waals surface area contributed by atoms with Crippen molar-refractivity contribution in [3.63, 3.8) is 0 Å². The first-order chi connectivity index (χ1) is 5.33. The lowest BCUT2D eigenvalue weighted by Crippen LogP contribution is -2.21. The zero-order valence-corrected chi connectivity index (χ0v) is 9.93. The molecule has 0 aliphatic rings. The Morgan fingerprint density at radius 1 is 1.17 bits per heavy atom. The van der Waals surface area contributed by atoms with E-state index in [0.29, 0.717) is 0 Å². The maximum Gasteiger partial charge on any atom is 0.0930 e. The molecule has 0 aromatic heterocycles. The molecule has 0 aromatic rings. The Bertz CT molecular complexity index is 178. The molecule has 0 spiro atoms. The van der Waals surface area contributed by atoms with Gasteiger partial charge >= 0.3 is 0 Å². The van der Waals surface area contributed by atoms with E-state index in [-0.39, 0.29) is 0 Å². The largest absolute Gasteiger partial charge is 0.444 e. The molecular weight excluding hydrogens is 190 g/mol. The van der Waals surface area contributed by atoms with Crippen molar-refractivity contribution in [2.45, 2.75) is 0 Å². The van der Waals surface area contributed by atoms with Gasteiger partial charge in [-0.15, -0.1) is 0 Å². The minimum absolute atomic E-state index is 0.921. The highest BCUT2D eigenvalue weighted by atomic mass is 32.3. The summed E-state index contributed by atoms with van der Waals surface area (Å²) in [5.41, 5.74) is 0. The van der Waals surface area contributed by atoms with Gasteiger partial charge in [-0.2, -0.15) is 10.2 Å². The Hall–Kier alpha value is -0.0600. The van der Waals surface area contributed by atoms with Gasteiger partial charge in [0.25, 0.3) is 0 Å². The number of rotatable bonds is 5. The first kappa shape index (κ1) is 11.9. The zero-order valence-electron chi connectivity index (χ0n) is 8.29. The lowest BCUT2D eigenvalue weighted by Gasteiger charge is -2.40. The van der Waals surface area contributed by atoms with Crippen molar-refractivity contribution in [2.75, 3.05) is 25.0 Å². The third-order valence-corrected chi connectivity index (χ3v) is 5.92. The second-order valence-corrected chi connectivity index (χ2v) is 9.62. The van der Waals surface area contributed by atoms with Crippen LogP contribution in [0.25, 0.3) is 0 Å². The predicted molar refractivity (Wildman–Crippen MR) is 63.5 cm³/mol. The van der Waals surface area contributed by atoms with E-state index < -0.39 is 20.7 Å². The van der Waals surface area contributed by atoms with Gasteiger partial charge in [0.1, 0.15) is 0 Å². The fourth-order valence-electron chi connectivity index (χ4n) is 0.741. The van der Waals surface area contributed by atoms with Crippen LogP contribution < -0.4 is 4.13 Å². The molecule has 0 aromatic carbocycles. The average molecular weight is 209 g/mol. The molecule has 4 heteroatoms. The van der Waals surface area contributed by atoms with Crippen LogP contribution in [0.4, 0.5) is 0 Å². The Morgan fingerprint density at radius 2 is 1.67 bits per heavy atom. The first-order valence-corrected chi connectivity index (χ1v) is 8.38. The standard InChI is InChI=1S/C8H19NOS2/c1-7-10-12(5,6)9-11(3,4)8-2/h7-9H,1-2H2,3-6H3. The highest BCUT2D eigenvalue weighted by molar-refractivity contribution is 8.44. The normalized spacial score (nSPS) is 15.0. The molecule has 0 unspecified atom stereocenters. The van der Waals surface area contributed by atoms with Crippen LogP contribution in [-0.4, -0.2) is 25.0 Å². The highest BCUT2D eigenvalue weighted by Crippen LogP contribution is 2.50. The molecule has 0 atom stereocenters. The van der Waals surface area contributed by atoms with Crippen molar-refractivity contribution in [1.82, 2.24) is 4.13 Å². The number of hydrogen-bond donors (Lipinski definition) is 1. The van der Waals surface area contributed by atoms with E-state index in [1.807, 2.05) is 17.9 Å². The molecule has 0 fully saturated rings. The van der Waals surface area contributed by atoms with Crippen LogP contribution in [0.2, 0.25) is 0 Å². The van der Waals surface area contributed by atoms with Crippen LogP contribution in [0.1, 0.15) is 0 Å². The summed E-state index contributed by atoms with van der Waals surface area (Å²) in [4.78, 5) is 0. The second-order valence-electron chi connectivity index (χ2n) is 3.15. The van der Waals surface area contributed by atoms with E-state index in [4.69, 9.17) is 4.18 Å². The van der Waals surface area contributed by atoms with Gasteiger partial charge in [-0.25, -0.2) is 4.13 Å². The maximum absolute atomic E-state index is 5.38. The van der Waals surface area contributed by atoms with Crippen molar-refractivity contribution in [1.29, 1.82) is 0 Å². The minimum atomic E-state index is -1.20. The summed E-state index contributed by atoms with van der Waals surface area (Å²) < 4.78 is 8.81. The van der Waals surface area contributed by atoms with Gasteiger partial charge in [0.2, 0.25) is 0 Å². The van der Waals surface area contributed by atoms with Gasteiger partial charge < -0.3 is 4.18 Å². The van der Waals surface area contributed by atoms with Crippen molar-refractivity contribution >= 4 is 20.7 Å². The zero-order chi connectivity index (χ0) is 9.83. The first-order valence-electron chi connectivity index (χ1n) is 3.50. The van der Waals surface area contributed by atoms with Gasteiger partial charge in [-0.05, 0) is 28.4 Å². The molecule has 74 valence electrons. The van der Waals surface area contributed by atoms with Gasteiger partial charge in [0.15, 0.2) is 0 Å². The highest BCUT2D eigenvalue weighted by Gasteiger charge is 2.17. The predicted octanol–water partition coefficient (Wildman–Crippen LogP) is 2.75. The molecule has 0 saturated carbocycles. The number of hydrogen-bond acceptors (Lipinski definition) is 2. The van der Waals surface area contributed by atoms with E-state index in [0.717, 1.165) is 0 Å². The molecule has 0 bridgehead atoms.